The van der Waals surface area contributed by atoms with Crippen LogP contribution in [-0.4, -0.2) is 26.4 Å². The quantitative estimate of drug-likeness (QED) is 0.926. The lowest BCUT2D eigenvalue weighted by molar-refractivity contribution is 0.364. The van der Waals surface area contributed by atoms with Crippen molar-refractivity contribution in [2.45, 2.75) is 4.90 Å². The average molecular weight is 302 g/mol. The van der Waals surface area contributed by atoms with Crippen LogP contribution in [0.2, 0.25) is 0 Å². The zero-order chi connectivity index (χ0) is 15.0. The van der Waals surface area contributed by atoms with Crippen molar-refractivity contribution in [3.8, 4) is 11.5 Å². The van der Waals surface area contributed by atoms with Crippen LogP contribution >= 0.6 is 0 Å². The van der Waals surface area contributed by atoms with Crippen molar-refractivity contribution in [1.82, 2.24) is 0 Å². The van der Waals surface area contributed by atoms with Gasteiger partial charge >= 0.3 is 0 Å². The molecule has 0 radical (unpaired) electrons. The highest BCUT2D eigenvalue weighted by Gasteiger charge is 2.14. The molecule has 0 spiro atoms. The molecule has 3 rings (SSSR count). The molecule has 0 saturated heterocycles. The Bertz CT molecular complexity index is 818. The molecule has 0 bridgehead atoms. The predicted octanol–water partition coefficient (Wildman–Crippen LogP) is 2.73. The number of rotatable bonds is 2. The molecule has 0 aromatic heterocycles. The fourth-order valence-corrected chi connectivity index (χ4v) is 2.88. The Labute approximate surface area is 123 Å². The first-order valence-corrected chi connectivity index (χ1v) is 8.29. The summed E-state index contributed by atoms with van der Waals surface area (Å²) in [6.45, 7) is 0.413. The second-order valence-electron chi connectivity index (χ2n) is 4.98. The van der Waals surface area contributed by atoms with E-state index in [-0.39, 0.29) is 5.75 Å². The van der Waals surface area contributed by atoms with Gasteiger partial charge in [0.1, 0.15) is 18.1 Å². The van der Waals surface area contributed by atoms with Crippen molar-refractivity contribution in [2.75, 3.05) is 12.9 Å². The summed E-state index contributed by atoms with van der Waals surface area (Å²) < 4.78 is 28.6. The summed E-state index contributed by atoms with van der Waals surface area (Å²) in [5, 5.41) is 9.52. The van der Waals surface area contributed by atoms with Gasteiger partial charge in [0, 0.05) is 11.8 Å². The third-order valence-corrected chi connectivity index (χ3v) is 4.49. The van der Waals surface area contributed by atoms with E-state index >= 15 is 0 Å². The van der Waals surface area contributed by atoms with Gasteiger partial charge in [-0.15, -0.1) is 0 Å². The number of phenols is 1. The minimum Gasteiger partial charge on any atom is -0.508 e. The van der Waals surface area contributed by atoms with Crippen LogP contribution in [0.4, 0.5) is 0 Å². The van der Waals surface area contributed by atoms with Gasteiger partial charge in [0.2, 0.25) is 0 Å². The van der Waals surface area contributed by atoms with Crippen LogP contribution in [0.25, 0.3) is 11.6 Å². The van der Waals surface area contributed by atoms with E-state index in [0.29, 0.717) is 11.5 Å². The molecule has 1 aliphatic heterocycles. The molecular formula is C16H14O4S. The Hall–Kier alpha value is -2.27. The summed E-state index contributed by atoms with van der Waals surface area (Å²) in [5.41, 5.74) is 2.65. The topological polar surface area (TPSA) is 63.6 Å². The summed E-state index contributed by atoms with van der Waals surface area (Å²) in [5.74, 6) is 0.909. The number of ether oxygens (including phenoxy) is 1. The van der Waals surface area contributed by atoms with Crippen molar-refractivity contribution in [3.05, 3.63) is 53.6 Å². The molecule has 1 heterocycles. The third kappa shape index (κ3) is 2.78. The number of aromatic hydroxyl groups is 1. The molecule has 5 heteroatoms. The summed E-state index contributed by atoms with van der Waals surface area (Å²) in [7, 11) is -3.19. The van der Waals surface area contributed by atoms with Crippen LogP contribution in [0, 0.1) is 0 Å². The van der Waals surface area contributed by atoms with Crippen LogP contribution in [0.5, 0.6) is 11.5 Å². The van der Waals surface area contributed by atoms with Crippen molar-refractivity contribution in [1.29, 1.82) is 0 Å². The molecule has 1 aliphatic rings. The molecular weight excluding hydrogens is 288 g/mol. The van der Waals surface area contributed by atoms with Crippen LogP contribution in [0.3, 0.4) is 0 Å². The average Bonchev–Trinajstić information content (AvgIpc) is 2.45. The monoisotopic (exact) mass is 302 g/mol. The van der Waals surface area contributed by atoms with Gasteiger partial charge in [0.15, 0.2) is 9.84 Å². The molecule has 2 aromatic carbocycles. The van der Waals surface area contributed by atoms with Crippen LogP contribution in [0.15, 0.2) is 47.4 Å². The van der Waals surface area contributed by atoms with E-state index < -0.39 is 9.84 Å². The Morgan fingerprint density at radius 3 is 2.48 bits per heavy atom. The second kappa shape index (κ2) is 4.93. The van der Waals surface area contributed by atoms with Crippen LogP contribution in [0.1, 0.15) is 11.1 Å². The molecule has 0 fully saturated rings. The van der Waals surface area contributed by atoms with Crippen molar-refractivity contribution in [3.63, 3.8) is 0 Å². The number of sulfone groups is 1. The highest BCUT2D eigenvalue weighted by Crippen LogP contribution is 2.32. The van der Waals surface area contributed by atoms with Crippen molar-refractivity contribution < 1.29 is 18.3 Å². The lowest BCUT2D eigenvalue weighted by Gasteiger charge is -2.18. The van der Waals surface area contributed by atoms with E-state index in [1.54, 1.807) is 42.5 Å². The van der Waals surface area contributed by atoms with Gasteiger partial charge in [-0.25, -0.2) is 8.42 Å². The Balaban J connectivity index is 1.98. The Kier molecular flexibility index (Phi) is 3.22. The molecule has 2 aromatic rings. The minimum absolute atomic E-state index is 0.183. The minimum atomic E-state index is -3.19. The number of phenolic OH excluding ortho intramolecular Hbond substituents is 1. The van der Waals surface area contributed by atoms with E-state index in [9.17, 15) is 13.5 Å². The maximum Gasteiger partial charge on any atom is 0.175 e. The number of benzene rings is 2. The first-order valence-electron chi connectivity index (χ1n) is 6.40. The first kappa shape index (κ1) is 13.7. The van der Waals surface area contributed by atoms with E-state index in [2.05, 4.69) is 0 Å². The van der Waals surface area contributed by atoms with Crippen LogP contribution < -0.4 is 4.74 Å². The maximum atomic E-state index is 11.5. The summed E-state index contributed by atoms with van der Waals surface area (Å²) in [6, 6.07) is 11.6. The van der Waals surface area contributed by atoms with Crippen LogP contribution in [-0.2, 0) is 9.84 Å². The normalized spacial score (nSPS) is 14.0. The first-order chi connectivity index (χ1) is 9.93. The standard InChI is InChI=1S/C16H14O4S/c1-21(18,19)15-5-2-11(3-6-15)13-8-12-9-14(17)4-7-16(12)20-10-13/h2-9,17H,10H2,1H3. The molecule has 21 heavy (non-hydrogen) atoms. The largest absolute Gasteiger partial charge is 0.508 e. The number of hydrogen-bond acceptors (Lipinski definition) is 4. The fraction of sp³-hybridized carbons (Fsp3) is 0.125. The molecule has 0 aliphatic carbocycles. The number of hydrogen-bond donors (Lipinski definition) is 1. The molecule has 4 nitrogen and oxygen atoms in total. The zero-order valence-electron chi connectivity index (χ0n) is 11.4. The molecule has 0 amide bonds. The van der Waals surface area contributed by atoms with Gasteiger partial charge in [-0.05, 0) is 47.5 Å². The lowest BCUT2D eigenvalue weighted by atomic mass is 10.0. The van der Waals surface area contributed by atoms with E-state index in [1.165, 1.54) is 6.26 Å². The Morgan fingerprint density at radius 1 is 1.10 bits per heavy atom. The predicted molar refractivity (Wildman–Crippen MR) is 81.0 cm³/mol. The highest BCUT2D eigenvalue weighted by molar-refractivity contribution is 7.90. The molecule has 0 unspecified atom stereocenters. The molecule has 1 N–H and O–H groups in total. The second-order valence-corrected chi connectivity index (χ2v) is 6.99. The molecule has 0 atom stereocenters. The number of fused-ring (bicyclic) bond motifs is 1. The molecule has 108 valence electrons. The van der Waals surface area contributed by atoms with Gasteiger partial charge in [0.05, 0.1) is 4.90 Å². The highest BCUT2D eigenvalue weighted by atomic mass is 32.2. The maximum absolute atomic E-state index is 11.5. The molecule has 0 saturated carbocycles. The smallest absolute Gasteiger partial charge is 0.175 e. The van der Waals surface area contributed by atoms with Gasteiger partial charge in [0.25, 0.3) is 0 Å². The summed E-state index contributed by atoms with van der Waals surface area (Å²) in [6.07, 6.45) is 3.12. The summed E-state index contributed by atoms with van der Waals surface area (Å²) >= 11 is 0. The van der Waals surface area contributed by atoms with Gasteiger partial charge < -0.3 is 9.84 Å². The van der Waals surface area contributed by atoms with E-state index in [0.717, 1.165) is 22.4 Å². The van der Waals surface area contributed by atoms with Gasteiger partial charge in [-0.1, -0.05) is 12.1 Å². The van der Waals surface area contributed by atoms with Crippen molar-refractivity contribution in [2.24, 2.45) is 0 Å². The van der Waals surface area contributed by atoms with E-state index in [4.69, 9.17) is 4.74 Å². The summed E-state index contributed by atoms with van der Waals surface area (Å²) in [4.78, 5) is 0.293. The third-order valence-electron chi connectivity index (χ3n) is 3.36. The SMILES string of the molecule is CS(=O)(=O)c1ccc(C2=Cc3cc(O)ccc3OC2)cc1. The zero-order valence-corrected chi connectivity index (χ0v) is 12.2. The van der Waals surface area contributed by atoms with Gasteiger partial charge in [-0.2, -0.15) is 0 Å². The van der Waals surface area contributed by atoms with Crippen molar-refractivity contribution >= 4 is 21.5 Å². The fourth-order valence-electron chi connectivity index (χ4n) is 2.25. The Morgan fingerprint density at radius 2 is 1.81 bits per heavy atom. The lowest BCUT2D eigenvalue weighted by Crippen LogP contribution is -2.06. The van der Waals surface area contributed by atoms with Gasteiger partial charge in [-0.3, -0.25) is 0 Å². The van der Waals surface area contributed by atoms with E-state index in [1.807, 2.05) is 6.08 Å².